The number of alkyl halides is 2. The highest BCUT2D eigenvalue weighted by molar-refractivity contribution is 8.08. The molecule has 0 spiro atoms. The number of hydrogen-bond donors (Lipinski definition) is 1. The molecule has 0 saturated heterocycles. The van der Waals surface area contributed by atoms with Crippen molar-refractivity contribution >= 4 is 29.0 Å². The molecule has 0 amide bonds. The van der Waals surface area contributed by atoms with E-state index in [1.807, 2.05) is 42.8 Å². The third kappa shape index (κ3) is 7.31. The van der Waals surface area contributed by atoms with Crippen molar-refractivity contribution in [1.82, 2.24) is 9.38 Å². The Kier molecular flexibility index (Phi) is 12.0. The van der Waals surface area contributed by atoms with Gasteiger partial charge in [0.2, 0.25) is 0 Å². The van der Waals surface area contributed by atoms with Crippen LogP contribution in [0.1, 0.15) is 51.5 Å². The molecule has 1 fully saturated rings. The SMILES string of the molecule is C=CN.C=N/C(=C(\SCC1CCCCC1)c1ccn2cccnc12)C(F)F.CC. The molecule has 1 aliphatic rings. The zero-order valence-electron chi connectivity index (χ0n) is 17.4. The van der Waals surface area contributed by atoms with E-state index in [1.54, 1.807) is 6.20 Å². The van der Waals surface area contributed by atoms with Gasteiger partial charge in [-0.15, -0.1) is 11.8 Å². The predicted molar refractivity (Wildman–Crippen MR) is 122 cm³/mol. The van der Waals surface area contributed by atoms with Crippen molar-refractivity contribution < 1.29 is 8.78 Å². The lowest BCUT2D eigenvalue weighted by Crippen LogP contribution is -2.09. The van der Waals surface area contributed by atoms with E-state index in [0.717, 1.165) is 5.75 Å². The lowest BCUT2D eigenvalue weighted by Gasteiger charge is -2.22. The number of allylic oxidation sites excluding steroid dienone is 1. The van der Waals surface area contributed by atoms with Gasteiger partial charge in [-0.1, -0.05) is 39.7 Å². The van der Waals surface area contributed by atoms with Crippen LogP contribution in [-0.4, -0.2) is 28.3 Å². The Morgan fingerprint density at radius 3 is 2.59 bits per heavy atom. The molecule has 1 aliphatic carbocycles. The number of nitrogens with two attached hydrogens (primary N) is 1. The van der Waals surface area contributed by atoms with Crippen LogP contribution in [0.15, 0.2) is 54.2 Å². The average molecular weight is 423 g/mol. The highest BCUT2D eigenvalue weighted by atomic mass is 32.2. The third-order valence-corrected chi connectivity index (χ3v) is 5.82. The molecule has 2 aromatic rings. The first-order valence-electron chi connectivity index (χ1n) is 9.98. The molecule has 0 radical (unpaired) electrons. The first-order chi connectivity index (χ1) is 14.1. The van der Waals surface area contributed by atoms with Crippen LogP contribution < -0.4 is 5.73 Å². The molecule has 160 valence electrons. The predicted octanol–water partition coefficient (Wildman–Crippen LogP) is 6.40. The monoisotopic (exact) mass is 422 g/mol. The quantitative estimate of drug-likeness (QED) is 0.548. The number of aromatic nitrogens is 2. The molecule has 0 aliphatic heterocycles. The smallest absolute Gasteiger partial charge is 0.281 e. The minimum absolute atomic E-state index is 0.241. The molecule has 3 rings (SSSR count). The summed E-state index contributed by atoms with van der Waals surface area (Å²) in [5, 5.41) is 0. The summed E-state index contributed by atoms with van der Waals surface area (Å²) in [7, 11) is 0. The third-order valence-electron chi connectivity index (χ3n) is 4.46. The van der Waals surface area contributed by atoms with E-state index >= 15 is 0 Å². The maximum Gasteiger partial charge on any atom is 0.281 e. The van der Waals surface area contributed by atoms with Crippen molar-refractivity contribution in [2.45, 2.75) is 52.4 Å². The molecule has 2 N–H and O–H groups in total. The number of fused-ring (bicyclic) bond motifs is 1. The topological polar surface area (TPSA) is 55.7 Å². The van der Waals surface area contributed by atoms with Crippen molar-refractivity contribution in [2.75, 3.05) is 5.75 Å². The highest BCUT2D eigenvalue weighted by Crippen LogP contribution is 2.39. The Morgan fingerprint density at radius 2 is 2.00 bits per heavy atom. The number of rotatable bonds is 6. The number of hydrogen-bond acceptors (Lipinski definition) is 4. The largest absolute Gasteiger partial charge is 0.405 e. The van der Waals surface area contributed by atoms with E-state index < -0.39 is 6.43 Å². The summed E-state index contributed by atoms with van der Waals surface area (Å²) in [6.45, 7) is 10.5. The molecule has 2 aromatic heterocycles. The van der Waals surface area contributed by atoms with Crippen LogP contribution in [0.25, 0.3) is 10.6 Å². The van der Waals surface area contributed by atoms with Crippen molar-refractivity contribution in [3.05, 3.63) is 54.8 Å². The van der Waals surface area contributed by atoms with Gasteiger partial charge in [-0.2, -0.15) is 0 Å². The lowest BCUT2D eigenvalue weighted by molar-refractivity contribution is 0.189. The molecular formula is C22H32F2N4S. The summed E-state index contributed by atoms with van der Waals surface area (Å²) in [6.07, 6.45) is 10.1. The maximum atomic E-state index is 13.5. The van der Waals surface area contributed by atoms with Crippen LogP contribution in [0.5, 0.6) is 0 Å². The fourth-order valence-electron chi connectivity index (χ4n) is 3.20. The van der Waals surface area contributed by atoms with E-state index in [9.17, 15) is 8.78 Å². The van der Waals surface area contributed by atoms with E-state index in [4.69, 9.17) is 0 Å². The first-order valence-corrected chi connectivity index (χ1v) is 11.0. The summed E-state index contributed by atoms with van der Waals surface area (Å²) < 4.78 is 28.8. The number of aliphatic imine (C=N–C) groups is 1. The van der Waals surface area contributed by atoms with Gasteiger partial charge in [0.25, 0.3) is 6.43 Å². The molecule has 7 heteroatoms. The Bertz CT molecular complexity index is 780. The maximum absolute atomic E-state index is 13.5. The number of nitrogens with zero attached hydrogens (tertiary/aromatic N) is 3. The van der Waals surface area contributed by atoms with Gasteiger partial charge in [0.15, 0.2) is 0 Å². The second-order valence-corrected chi connectivity index (χ2v) is 7.33. The Morgan fingerprint density at radius 1 is 1.34 bits per heavy atom. The summed E-state index contributed by atoms with van der Waals surface area (Å²) in [4.78, 5) is 8.48. The van der Waals surface area contributed by atoms with Crippen LogP contribution in [0, 0.1) is 5.92 Å². The van der Waals surface area contributed by atoms with E-state index in [-0.39, 0.29) is 5.70 Å². The molecule has 1 saturated carbocycles. The lowest BCUT2D eigenvalue weighted by atomic mass is 9.91. The van der Waals surface area contributed by atoms with Gasteiger partial charge >= 0.3 is 0 Å². The number of halogens is 2. The van der Waals surface area contributed by atoms with Crippen molar-refractivity contribution in [1.29, 1.82) is 0 Å². The van der Waals surface area contributed by atoms with Gasteiger partial charge in [0.05, 0.1) is 0 Å². The van der Waals surface area contributed by atoms with Gasteiger partial charge in [-0.25, -0.2) is 13.8 Å². The van der Waals surface area contributed by atoms with E-state index in [2.05, 4.69) is 29.0 Å². The zero-order chi connectivity index (χ0) is 21.6. The van der Waals surface area contributed by atoms with Crippen LogP contribution in [-0.2, 0) is 0 Å². The summed E-state index contributed by atoms with van der Waals surface area (Å²) in [5.74, 6) is 1.43. The second-order valence-electron chi connectivity index (χ2n) is 6.30. The second kappa shape index (κ2) is 13.9. The fraction of sp³-hybridized carbons (Fsp3) is 0.455. The van der Waals surface area contributed by atoms with Gasteiger partial charge in [0, 0.05) is 34.8 Å². The Hall–Kier alpha value is -2.15. The van der Waals surface area contributed by atoms with Gasteiger partial charge < -0.3 is 10.1 Å². The molecule has 0 aromatic carbocycles. The first kappa shape index (κ1) is 24.9. The van der Waals surface area contributed by atoms with Crippen molar-refractivity contribution in [3.8, 4) is 0 Å². The minimum atomic E-state index is -2.64. The van der Waals surface area contributed by atoms with Crippen molar-refractivity contribution in [3.63, 3.8) is 0 Å². The van der Waals surface area contributed by atoms with Crippen LogP contribution >= 0.6 is 11.8 Å². The molecular weight excluding hydrogens is 390 g/mol. The standard InChI is InChI=1S/C18H21F2N3S.C2H5N.C2H6/c1-21-15(17(19)20)16(24-12-13-6-3-2-4-7-13)14-8-11-23-10-5-9-22-18(14)23;1-2-3;1-2/h5,8-11,13,17H,1-4,6-7,12H2;2H,1,3H2;1-2H3/b16-15-;;. The molecule has 29 heavy (non-hydrogen) atoms. The Labute approximate surface area is 177 Å². The summed E-state index contributed by atoms with van der Waals surface area (Å²) >= 11 is 1.47. The molecule has 0 atom stereocenters. The summed E-state index contributed by atoms with van der Waals surface area (Å²) in [5.41, 5.74) is 5.75. The van der Waals surface area contributed by atoms with Crippen LogP contribution in [0.3, 0.4) is 0 Å². The van der Waals surface area contributed by atoms with Gasteiger partial charge in [-0.05, 0) is 43.8 Å². The van der Waals surface area contributed by atoms with Gasteiger partial charge in [-0.3, -0.25) is 4.99 Å². The average Bonchev–Trinajstić information content (AvgIpc) is 3.17. The number of thioether (sulfide) groups is 1. The minimum Gasteiger partial charge on any atom is -0.405 e. The van der Waals surface area contributed by atoms with Gasteiger partial charge in [0.1, 0.15) is 11.3 Å². The van der Waals surface area contributed by atoms with E-state index in [0.29, 0.717) is 22.0 Å². The fourth-order valence-corrected chi connectivity index (χ4v) is 4.55. The Balaban J connectivity index is 0.000000771. The zero-order valence-corrected chi connectivity index (χ0v) is 18.2. The highest BCUT2D eigenvalue weighted by Gasteiger charge is 2.22. The molecule has 2 heterocycles. The van der Waals surface area contributed by atoms with Crippen LogP contribution in [0.2, 0.25) is 0 Å². The van der Waals surface area contributed by atoms with Crippen molar-refractivity contribution in [2.24, 2.45) is 16.6 Å². The molecule has 0 unspecified atom stereocenters. The molecule has 4 nitrogen and oxygen atoms in total. The normalized spacial score (nSPS) is 14.9. The molecule has 0 bridgehead atoms. The summed E-state index contributed by atoms with van der Waals surface area (Å²) in [6, 6.07) is 3.65. The van der Waals surface area contributed by atoms with Crippen LogP contribution in [0.4, 0.5) is 8.78 Å². The van der Waals surface area contributed by atoms with E-state index in [1.165, 1.54) is 50.1 Å².